The molecule has 2 saturated heterocycles. The lowest BCUT2D eigenvalue weighted by atomic mass is 9.67. The molecule has 2 aromatic carbocycles. The van der Waals surface area contributed by atoms with Gasteiger partial charge in [0.25, 0.3) is 0 Å². The van der Waals surface area contributed by atoms with Gasteiger partial charge >= 0.3 is 0 Å². The predicted octanol–water partition coefficient (Wildman–Crippen LogP) is 2.28. The number of fused-ring (bicyclic) bond motifs is 4. The van der Waals surface area contributed by atoms with E-state index in [0.717, 1.165) is 57.1 Å². The normalized spacial score (nSPS) is 31.5. The summed E-state index contributed by atoms with van der Waals surface area (Å²) >= 11 is 0. The third-order valence-corrected chi connectivity index (χ3v) is 10.3. The van der Waals surface area contributed by atoms with E-state index in [-0.39, 0.29) is 11.3 Å². The topological polar surface area (TPSA) is 72.0 Å². The van der Waals surface area contributed by atoms with Crippen molar-refractivity contribution >= 4 is 5.91 Å². The van der Waals surface area contributed by atoms with Crippen LogP contribution in [0.5, 0.6) is 11.5 Å². The molecule has 0 radical (unpaired) electrons. The van der Waals surface area contributed by atoms with Crippen LogP contribution in [0, 0.1) is 11.8 Å². The van der Waals surface area contributed by atoms with Crippen LogP contribution in [0.3, 0.4) is 0 Å². The van der Waals surface area contributed by atoms with Crippen molar-refractivity contribution in [3.8, 4) is 11.5 Å². The summed E-state index contributed by atoms with van der Waals surface area (Å²) in [5.74, 6) is 3.40. The zero-order chi connectivity index (χ0) is 24.8. The van der Waals surface area contributed by atoms with Crippen LogP contribution >= 0.6 is 0 Å². The van der Waals surface area contributed by atoms with Gasteiger partial charge in [-0.2, -0.15) is 0 Å². The highest BCUT2D eigenvalue weighted by molar-refractivity contribution is 5.82. The van der Waals surface area contributed by atoms with E-state index in [1.54, 1.807) is 0 Å². The number of carbonyl (C=O) groups excluding carboxylic acids is 1. The van der Waals surface area contributed by atoms with E-state index in [2.05, 4.69) is 58.0 Å². The number of ether oxygens (including phenoxy) is 2. The van der Waals surface area contributed by atoms with E-state index in [9.17, 15) is 4.79 Å². The molecule has 1 saturated carbocycles. The van der Waals surface area contributed by atoms with Crippen molar-refractivity contribution in [1.82, 2.24) is 4.90 Å². The Morgan fingerprint density at radius 1 is 0.946 bits per heavy atom. The maximum absolute atomic E-state index is 14.6. The summed E-state index contributed by atoms with van der Waals surface area (Å²) in [5.41, 5.74) is 3.90. The van der Waals surface area contributed by atoms with E-state index in [1.807, 2.05) is 0 Å². The van der Waals surface area contributed by atoms with Gasteiger partial charge in [0.2, 0.25) is 12.7 Å². The molecule has 1 unspecified atom stereocenters. The van der Waals surface area contributed by atoms with Crippen LogP contribution in [0.15, 0.2) is 42.5 Å². The molecule has 1 aliphatic carbocycles. The van der Waals surface area contributed by atoms with Gasteiger partial charge in [0.05, 0.1) is 25.2 Å². The molecule has 4 N–H and O–H groups in total. The van der Waals surface area contributed by atoms with Crippen LogP contribution in [0.4, 0.5) is 0 Å². The van der Waals surface area contributed by atoms with Crippen molar-refractivity contribution in [2.75, 3.05) is 33.0 Å². The maximum Gasteiger partial charge on any atom is 0.233 e. The van der Waals surface area contributed by atoms with E-state index < -0.39 is 0 Å². The minimum Gasteiger partial charge on any atom is -0.454 e. The number of nitrogens with two attached hydrogens (primary N) is 2. The first-order valence-electron chi connectivity index (χ1n) is 14.7. The van der Waals surface area contributed by atoms with Crippen molar-refractivity contribution in [1.29, 1.82) is 0 Å². The maximum atomic E-state index is 14.6. The fourth-order valence-corrected chi connectivity index (χ4v) is 8.48. The summed E-state index contributed by atoms with van der Waals surface area (Å²) in [6.45, 7) is 4.92. The van der Waals surface area contributed by atoms with Gasteiger partial charge in [-0.05, 0) is 54.7 Å². The average molecular weight is 504 g/mol. The molecule has 5 aliphatic rings. The molecule has 6 heteroatoms. The first-order chi connectivity index (χ1) is 18.2. The fraction of sp³-hybridized carbons (Fsp3) is 0.581. The van der Waals surface area contributed by atoms with Crippen molar-refractivity contribution in [3.05, 3.63) is 59.2 Å². The summed E-state index contributed by atoms with van der Waals surface area (Å²) in [6, 6.07) is 15.7. The predicted molar refractivity (Wildman–Crippen MR) is 140 cm³/mol. The first-order valence-corrected chi connectivity index (χ1v) is 14.7. The molecule has 37 heavy (non-hydrogen) atoms. The van der Waals surface area contributed by atoms with Crippen molar-refractivity contribution < 1.29 is 24.9 Å². The second-order valence-electron chi connectivity index (χ2n) is 12.1. The van der Waals surface area contributed by atoms with Crippen molar-refractivity contribution in [2.24, 2.45) is 11.8 Å². The van der Waals surface area contributed by atoms with Crippen LogP contribution in [-0.4, -0.2) is 49.8 Å². The van der Waals surface area contributed by atoms with Gasteiger partial charge in [-0.3, -0.25) is 4.79 Å². The molecule has 0 bridgehead atoms. The Morgan fingerprint density at radius 2 is 1.78 bits per heavy atom. The van der Waals surface area contributed by atoms with Gasteiger partial charge in [-0.1, -0.05) is 55.7 Å². The van der Waals surface area contributed by atoms with Crippen molar-refractivity contribution in [3.63, 3.8) is 0 Å². The monoisotopic (exact) mass is 503 g/mol. The molecule has 4 heterocycles. The number of likely N-dealkylation sites (tertiary alicyclic amines) is 1. The Balaban J connectivity index is 1.20. The summed E-state index contributed by atoms with van der Waals surface area (Å²) in [7, 11) is 0. The zero-order valence-electron chi connectivity index (χ0n) is 21.9. The highest BCUT2D eigenvalue weighted by atomic mass is 16.7. The number of amides is 1. The van der Waals surface area contributed by atoms with Gasteiger partial charge in [-0.25, -0.2) is 0 Å². The van der Waals surface area contributed by atoms with Gasteiger partial charge in [0, 0.05) is 12.6 Å². The zero-order valence-corrected chi connectivity index (χ0v) is 21.9. The van der Waals surface area contributed by atoms with Gasteiger partial charge in [-0.15, -0.1) is 0 Å². The Morgan fingerprint density at radius 3 is 2.65 bits per heavy atom. The number of quaternary nitrogens is 2. The number of piperidine rings is 1. The summed E-state index contributed by atoms with van der Waals surface area (Å²) in [5, 5.41) is 4.78. The molecule has 4 atom stereocenters. The molecule has 196 valence electrons. The minimum atomic E-state index is -0.140. The second kappa shape index (κ2) is 9.63. The molecular weight excluding hydrogens is 462 g/mol. The lowest BCUT2D eigenvalue weighted by Gasteiger charge is -2.47. The standard InChI is InChI=1S/C31H39N3O3/c35-30(26-17-33-19-31(26)18-32-16-24-25(31)11-12-28-29(24)37-20-36-28)34-14-13-23(21-7-3-1-4-8-21)15-27(34)22-9-5-2-6-10-22/h1,3-4,7-8,11-12,22-23,26-27,32-33H,2,5-6,9-10,13-20H2/p+2/t23-,26?,27+,31+/m1/s1. The third kappa shape index (κ3) is 3.95. The molecule has 7 rings (SSSR count). The summed E-state index contributed by atoms with van der Waals surface area (Å²) in [4.78, 5) is 17.0. The SMILES string of the molecule is O=C(C1C[NH2+]C[C@]12C[NH2+]Cc1c2ccc2c1OCO2)N1CC[C@@H](c2ccccc2)C[C@H]1C1CCCCC1. The third-order valence-electron chi connectivity index (χ3n) is 10.3. The number of carbonyl (C=O) groups is 1. The summed E-state index contributed by atoms with van der Waals surface area (Å²) in [6.07, 6.45) is 8.72. The van der Waals surface area contributed by atoms with Crippen LogP contribution in [0.1, 0.15) is 67.6 Å². The number of hydrogen-bond donors (Lipinski definition) is 2. The largest absolute Gasteiger partial charge is 0.454 e. The highest BCUT2D eigenvalue weighted by Crippen LogP contribution is 2.46. The van der Waals surface area contributed by atoms with E-state index in [0.29, 0.717) is 30.6 Å². The lowest BCUT2D eigenvalue weighted by Crippen LogP contribution is -2.91. The number of hydrogen-bond acceptors (Lipinski definition) is 3. The average Bonchev–Trinajstić information content (AvgIpc) is 3.62. The Kier molecular flexibility index (Phi) is 6.13. The van der Waals surface area contributed by atoms with E-state index >= 15 is 0 Å². The minimum absolute atomic E-state index is 0.0162. The van der Waals surface area contributed by atoms with Crippen LogP contribution in [-0.2, 0) is 16.8 Å². The Bertz CT molecular complexity index is 1150. The van der Waals surface area contributed by atoms with Gasteiger partial charge in [0.15, 0.2) is 11.5 Å². The van der Waals surface area contributed by atoms with Crippen molar-refractivity contribution in [2.45, 2.75) is 68.9 Å². The molecule has 1 amide bonds. The second-order valence-corrected chi connectivity index (χ2v) is 12.1. The van der Waals surface area contributed by atoms with E-state index in [1.165, 1.54) is 48.8 Å². The smallest absolute Gasteiger partial charge is 0.233 e. The van der Waals surface area contributed by atoms with E-state index in [4.69, 9.17) is 9.47 Å². The molecule has 3 fully saturated rings. The molecule has 2 aromatic rings. The molecular formula is C31H41N3O3+2. The van der Waals surface area contributed by atoms with Gasteiger partial charge < -0.3 is 25.0 Å². The summed E-state index contributed by atoms with van der Waals surface area (Å²) < 4.78 is 11.6. The van der Waals surface area contributed by atoms with Gasteiger partial charge in [0.1, 0.15) is 17.9 Å². The lowest BCUT2D eigenvalue weighted by molar-refractivity contribution is -0.691. The highest BCUT2D eigenvalue weighted by Gasteiger charge is 2.57. The van der Waals surface area contributed by atoms with Crippen LogP contribution < -0.4 is 20.1 Å². The Hall–Kier alpha value is -2.57. The van der Waals surface area contributed by atoms with Crippen LogP contribution in [0.2, 0.25) is 0 Å². The molecule has 0 aromatic heterocycles. The molecule has 4 aliphatic heterocycles. The first kappa shape index (κ1) is 23.5. The molecule has 1 spiro atoms. The number of nitrogens with zero attached hydrogens (tertiary/aromatic N) is 1. The number of rotatable bonds is 3. The molecule has 6 nitrogen and oxygen atoms in total. The quantitative estimate of drug-likeness (QED) is 0.675. The van der Waals surface area contributed by atoms with Crippen LogP contribution in [0.25, 0.3) is 0 Å². The fourth-order valence-electron chi connectivity index (χ4n) is 8.48. The Labute approximate surface area is 220 Å². The number of benzene rings is 2.